The standard InChI is InChI=1S/C24H21N3O2/c1-29-24(28)27-16-9-10-21(27)22-18-7-4-6-17(23(18)26-20(22)12-16)15-11-14-5-2-3-8-19(14)25-13-15/h2-8,11,13,16,21,26H,9-10,12H2,1H3. The molecule has 2 atom stereocenters. The molecule has 1 amide bonds. The number of hydrogen-bond acceptors (Lipinski definition) is 3. The summed E-state index contributed by atoms with van der Waals surface area (Å²) in [5.74, 6) is 0. The van der Waals surface area contributed by atoms with Gasteiger partial charge in [-0.2, -0.15) is 0 Å². The van der Waals surface area contributed by atoms with Gasteiger partial charge in [0, 0.05) is 51.8 Å². The molecule has 0 aliphatic carbocycles. The Morgan fingerprint density at radius 2 is 2.07 bits per heavy atom. The Balaban J connectivity index is 1.53. The number of H-pyrrole nitrogens is 1. The van der Waals surface area contributed by atoms with E-state index in [1.807, 2.05) is 29.3 Å². The first-order chi connectivity index (χ1) is 14.2. The smallest absolute Gasteiger partial charge is 0.410 e. The molecule has 144 valence electrons. The molecule has 2 aliphatic heterocycles. The molecule has 4 aromatic rings. The van der Waals surface area contributed by atoms with Gasteiger partial charge in [0.05, 0.1) is 24.2 Å². The van der Waals surface area contributed by atoms with Crippen LogP contribution in [0.2, 0.25) is 0 Å². The molecule has 6 rings (SSSR count). The van der Waals surface area contributed by atoms with E-state index in [0.29, 0.717) is 0 Å². The van der Waals surface area contributed by atoms with Gasteiger partial charge < -0.3 is 9.72 Å². The van der Waals surface area contributed by atoms with Crippen LogP contribution in [0.3, 0.4) is 0 Å². The van der Waals surface area contributed by atoms with Crippen LogP contribution in [-0.2, 0) is 11.2 Å². The Morgan fingerprint density at radius 3 is 2.97 bits per heavy atom. The lowest BCUT2D eigenvalue weighted by atomic mass is 9.95. The van der Waals surface area contributed by atoms with Crippen molar-refractivity contribution in [3.8, 4) is 11.1 Å². The Bertz CT molecular complexity index is 1280. The van der Waals surface area contributed by atoms with Gasteiger partial charge in [-0.05, 0) is 25.0 Å². The largest absolute Gasteiger partial charge is 0.453 e. The van der Waals surface area contributed by atoms with E-state index in [2.05, 4.69) is 40.3 Å². The minimum atomic E-state index is -0.215. The molecule has 2 aromatic heterocycles. The molecular formula is C24H21N3O2. The summed E-state index contributed by atoms with van der Waals surface area (Å²) in [4.78, 5) is 22.7. The third-order valence-corrected chi connectivity index (χ3v) is 6.52. The van der Waals surface area contributed by atoms with E-state index in [-0.39, 0.29) is 18.2 Å². The summed E-state index contributed by atoms with van der Waals surface area (Å²) in [6.45, 7) is 0. The number of aromatic nitrogens is 2. The van der Waals surface area contributed by atoms with E-state index in [1.165, 1.54) is 23.8 Å². The Kier molecular flexibility index (Phi) is 3.48. The Hall–Kier alpha value is -3.34. The number of carbonyl (C=O) groups excluding carboxylic acids is 1. The average Bonchev–Trinajstić information content (AvgIpc) is 3.29. The molecule has 1 N–H and O–H groups in total. The molecule has 2 aliphatic rings. The molecule has 0 spiro atoms. The Morgan fingerprint density at radius 1 is 1.17 bits per heavy atom. The van der Waals surface area contributed by atoms with Crippen LogP contribution in [0.5, 0.6) is 0 Å². The van der Waals surface area contributed by atoms with Crippen LogP contribution in [0.25, 0.3) is 32.9 Å². The van der Waals surface area contributed by atoms with E-state index < -0.39 is 0 Å². The third kappa shape index (κ3) is 2.33. The van der Waals surface area contributed by atoms with Crippen molar-refractivity contribution >= 4 is 27.9 Å². The fraction of sp³-hybridized carbons (Fsp3) is 0.250. The Labute approximate surface area is 168 Å². The maximum Gasteiger partial charge on any atom is 0.410 e. The van der Waals surface area contributed by atoms with Crippen LogP contribution >= 0.6 is 0 Å². The number of ether oxygens (including phenoxy) is 1. The SMILES string of the molecule is COC(=O)N1C2CCC1c1c([nH]c3c(-c4cnc5ccccc5c4)cccc13)C2. The molecule has 5 nitrogen and oxygen atoms in total. The van der Waals surface area contributed by atoms with Crippen LogP contribution in [0, 0.1) is 0 Å². The number of para-hydroxylation sites is 2. The number of pyridine rings is 1. The average molecular weight is 383 g/mol. The highest BCUT2D eigenvalue weighted by atomic mass is 16.5. The fourth-order valence-corrected chi connectivity index (χ4v) is 5.28. The maximum atomic E-state index is 12.4. The minimum absolute atomic E-state index is 0.0925. The summed E-state index contributed by atoms with van der Waals surface area (Å²) in [7, 11) is 1.47. The van der Waals surface area contributed by atoms with Crippen molar-refractivity contribution in [2.75, 3.05) is 7.11 Å². The lowest BCUT2D eigenvalue weighted by Crippen LogP contribution is -2.41. The van der Waals surface area contributed by atoms with Crippen LogP contribution in [0.4, 0.5) is 4.79 Å². The molecule has 2 aromatic carbocycles. The molecule has 4 heterocycles. The van der Waals surface area contributed by atoms with Gasteiger partial charge in [0.25, 0.3) is 0 Å². The van der Waals surface area contributed by atoms with Crippen molar-refractivity contribution in [2.45, 2.75) is 31.3 Å². The number of carbonyl (C=O) groups is 1. The molecule has 0 saturated carbocycles. The number of nitrogens with one attached hydrogen (secondary N) is 1. The zero-order valence-corrected chi connectivity index (χ0v) is 16.2. The molecule has 2 bridgehead atoms. The van der Waals surface area contributed by atoms with Crippen molar-refractivity contribution in [2.24, 2.45) is 0 Å². The van der Waals surface area contributed by atoms with E-state index >= 15 is 0 Å². The van der Waals surface area contributed by atoms with E-state index in [0.717, 1.165) is 46.8 Å². The molecule has 29 heavy (non-hydrogen) atoms. The second kappa shape index (κ2) is 6.08. The van der Waals surface area contributed by atoms with E-state index in [9.17, 15) is 4.79 Å². The second-order valence-electron chi connectivity index (χ2n) is 7.99. The normalized spacial score (nSPS) is 20.2. The van der Waals surface area contributed by atoms with Gasteiger partial charge in [-0.25, -0.2) is 4.79 Å². The first kappa shape index (κ1) is 16.6. The van der Waals surface area contributed by atoms with Gasteiger partial charge in [-0.1, -0.05) is 36.4 Å². The highest BCUT2D eigenvalue weighted by Gasteiger charge is 2.44. The number of amides is 1. The molecule has 0 radical (unpaired) electrons. The highest BCUT2D eigenvalue weighted by molar-refractivity contribution is 5.99. The lowest BCUT2D eigenvalue weighted by molar-refractivity contribution is 0.0979. The summed E-state index contributed by atoms with van der Waals surface area (Å²) in [6, 6.07) is 17.1. The summed E-state index contributed by atoms with van der Waals surface area (Å²) in [5.41, 5.74) is 6.90. The topological polar surface area (TPSA) is 58.2 Å². The fourth-order valence-electron chi connectivity index (χ4n) is 5.28. The minimum Gasteiger partial charge on any atom is -0.453 e. The number of hydrogen-bond donors (Lipinski definition) is 1. The number of rotatable bonds is 1. The first-order valence-corrected chi connectivity index (χ1v) is 10.1. The zero-order chi connectivity index (χ0) is 19.5. The van der Waals surface area contributed by atoms with Gasteiger partial charge in [-0.3, -0.25) is 9.88 Å². The quantitative estimate of drug-likeness (QED) is 0.491. The molecular weight excluding hydrogens is 362 g/mol. The number of benzene rings is 2. The first-order valence-electron chi connectivity index (χ1n) is 10.1. The maximum absolute atomic E-state index is 12.4. The van der Waals surface area contributed by atoms with Gasteiger partial charge in [0.1, 0.15) is 0 Å². The number of aromatic amines is 1. The van der Waals surface area contributed by atoms with Crippen LogP contribution in [0.1, 0.15) is 30.1 Å². The monoisotopic (exact) mass is 383 g/mol. The van der Waals surface area contributed by atoms with Gasteiger partial charge in [-0.15, -0.1) is 0 Å². The van der Waals surface area contributed by atoms with Crippen molar-refractivity contribution in [1.82, 2.24) is 14.9 Å². The molecule has 1 fully saturated rings. The van der Waals surface area contributed by atoms with Crippen LogP contribution in [-0.4, -0.2) is 34.1 Å². The van der Waals surface area contributed by atoms with E-state index in [1.54, 1.807) is 0 Å². The number of methoxy groups -OCH3 is 1. The van der Waals surface area contributed by atoms with Crippen LogP contribution in [0.15, 0.2) is 54.7 Å². The van der Waals surface area contributed by atoms with Crippen molar-refractivity contribution < 1.29 is 9.53 Å². The summed E-state index contributed by atoms with van der Waals surface area (Å²) >= 11 is 0. The van der Waals surface area contributed by atoms with Crippen molar-refractivity contribution in [3.05, 3.63) is 66.0 Å². The summed E-state index contributed by atoms with van der Waals surface area (Å²) < 4.78 is 5.08. The second-order valence-corrected chi connectivity index (χ2v) is 7.99. The highest BCUT2D eigenvalue weighted by Crippen LogP contribution is 2.47. The van der Waals surface area contributed by atoms with Crippen molar-refractivity contribution in [3.63, 3.8) is 0 Å². The predicted octanol–water partition coefficient (Wildman–Crippen LogP) is 5.21. The van der Waals surface area contributed by atoms with E-state index in [4.69, 9.17) is 4.74 Å². The summed E-state index contributed by atoms with van der Waals surface area (Å²) in [5, 5.41) is 2.33. The van der Waals surface area contributed by atoms with Crippen LogP contribution < -0.4 is 0 Å². The number of fused-ring (bicyclic) bond motifs is 7. The van der Waals surface area contributed by atoms with Gasteiger partial charge in [0.2, 0.25) is 0 Å². The number of nitrogens with zero attached hydrogens (tertiary/aromatic N) is 2. The summed E-state index contributed by atoms with van der Waals surface area (Å²) in [6.07, 6.45) is 4.60. The molecule has 2 unspecified atom stereocenters. The van der Waals surface area contributed by atoms with Gasteiger partial charge >= 0.3 is 6.09 Å². The molecule has 5 heteroatoms. The lowest BCUT2D eigenvalue weighted by Gasteiger charge is -2.33. The molecule has 1 saturated heterocycles. The third-order valence-electron chi connectivity index (χ3n) is 6.52. The zero-order valence-electron chi connectivity index (χ0n) is 16.2. The predicted molar refractivity (Wildman–Crippen MR) is 113 cm³/mol. The van der Waals surface area contributed by atoms with Crippen molar-refractivity contribution in [1.29, 1.82) is 0 Å². The van der Waals surface area contributed by atoms with Gasteiger partial charge in [0.15, 0.2) is 0 Å².